The van der Waals surface area contributed by atoms with Crippen LogP contribution < -0.4 is 23.8 Å². The first kappa shape index (κ1) is 27.4. The summed E-state index contributed by atoms with van der Waals surface area (Å²) in [7, 11) is 0. The number of ether oxygens (including phenoxy) is 4. The van der Waals surface area contributed by atoms with Crippen molar-refractivity contribution in [2.24, 2.45) is 5.92 Å². The van der Waals surface area contributed by atoms with E-state index in [0.717, 1.165) is 6.42 Å². The van der Waals surface area contributed by atoms with E-state index in [0.29, 0.717) is 71.5 Å². The molecule has 1 amide bonds. The number of fused-ring (bicyclic) bond motifs is 1. The molecule has 40 heavy (non-hydrogen) atoms. The van der Waals surface area contributed by atoms with Crippen LogP contribution in [0.2, 0.25) is 0 Å². The minimum atomic E-state index is -0.982. The largest absolute Gasteiger partial charge is 0.507 e. The Morgan fingerprint density at radius 3 is 2.55 bits per heavy atom. The van der Waals surface area contributed by atoms with Gasteiger partial charge >= 0.3 is 5.91 Å². The van der Waals surface area contributed by atoms with E-state index < -0.39 is 17.7 Å². The van der Waals surface area contributed by atoms with Crippen LogP contribution in [-0.2, 0) is 9.59 Å². The van der Waals surface area contributed by atoms with Crippen LogP contribution in [0.4, 0.5) is 5.13 Å². The molecule has 10 nitrogen and oxygen atoms in total. The number of carbonyl (C=O) groups excluding carboxylic acids is 2. The van der Waals surface area contributed by atoms with Gasteiger partial charge < -0.3 is 24.1 Å². The van der Waals surface area contributed by atoms with Crippen LogP contribution in [0.5, 0.6) is 23.0 Å². The topological polar surface area (TPSA) is 120 Å². The zero-order chi connectivity index (χ0) is 28.4. The van der Waals surface area contributed by atoms with Gasteiger partial charge in [0, 0.05) is 5.56 Å². The van der Waals surface area contributed by atoms with Crippen LogP contribution in [0, 0.1) is 12.8 Å². The first-order valence-electron chi connectivity index (χ1n) is 13.2. The molecule has 0 aliphatic carbocycles. The highest BCUT2D eigenvalue weighted by Gasteiger charge is 2.48. The minimum absolute atomic E-state index is 0.0783. The van der Waals surface area contributed by atoms with Crippen LogP contribution >= 0.6 is 11.3 Å². The summed E-state index contributed by atoms with van der Waals surface area (Å²) in [4.78, 5) is 28.2. The molecule has 2 aliphatic heterocycles. The third kappa shape index (κ3) is 5.33. The smallest absolute Gasteiger partial charge is 0.301 e. The molecule has 1 atom stereocenters. The molecule has 0 radical (unpaired) electrons. The second-order valence-electron chi connectivity index (χ2n) is 9.80. The number of carbonyl (C=O) groups is 2. The SMILES string of the molecule is CCOc1cc(C2/C(=C(\O)c3ccc4c(c3)OCCO4)C(=O)C(=O)N2c2nnc(C)s2)ccc1OCCC(C)C. The van der Waals surface area contributed by atoms with Crippen molar-refractivity contribution in [3.05, 3.63) is 58.1 Å². The Labute approximate surface area is 236 Å². The molecule has 1 aromatic heterocycles. The normalized spacial score (nSPS) is 17.9. The Morgan fingerprint density at radius 1 is 1.07 bits per heavy atom. The molecule has 2 aromatic carbocycles. The monoisotopic (exact) mass is 565 g/mol. The van der Waals surface area contributed by atoms with Gasteiger partial charge in [-0.25, -0.2) is 0 Å². The molecule has 1 unspecified atom stereocenters. The van der Waals surface area contributed by atoms with Crippen molar-refractivity contribution in [3.63, 3.8) is 0 Å². The Morgan fingerprint density at radius 2 is 1.85 bits per heavy atom. The number of aliphatic hydroxyl groups excluding tert-OH is 1. The quantitative estimate of drug-likeness (QED) is 0.215. The maximum absolute atomic E-state index is 13.5. The maximum atomic E-state index is 13.5. The van der Waals surface area contributed by atoms with Crippen molar-refractivity contribution in [2.45, 2.75) is 40.2 Å². The number of anilines is 1. The summed E-state index contributed by atoms with van der Waals surface area (Å²) in [5, 5.41) is 20.6. The number of rotatable bonds is 9. The zero-order valence-electron chi connectivity index (χ0n) is 22.8. The van der Waals surface area contributed by atoms with Crippen molar-refractivity contribution < 1.29 is 33.6 Å². The number of aliphatic hydroxyl groups is 1. The molecule has 3 aromatic rings. The first-order valence-corrected chi connectivity index (χ1v) is 14.0. The van der Waals surface area contributed by atoms with E-state index >= 15 is 0 Å². The van der Waals surface area contributed by atoms with Crippen molar-refractivity contribution in [1.82, 2.24) is 10.2 Å². The van der Waals surface area contributed by atoms with Gasteiger partial charge in [0.05, 0.1) is 24.8 Å². The number of aromatic nitrogens is 2. The van der Waals surface area contributed by atoms with E-state index in [1.807, 2.05) is 6.92 Å². The van der Waals surface area contributed by atoms with Crippen LogP contribution in [0.3, 0.4) is 0 Å². The van der Waals surface area contributed by atoms with E-state index in [-0.39, 0.29) is 16.5 Å². The van der Waals surface area contributed by atoms with E-state index in [1.165, 1.54) is 16.2 Å². The summed E-state index contributed by atoms with van der Waals surface area (Å²) in [5.41, 5.74) is 0.788. The number of amides is 1. The molecular formula is C29H31N3O7S. The average Bonchev–Trinajstić information content (AvgIpc) is 3.48. The van der Waals surface area contributed by atoms with Crippen molar-refractivity contribution in [3.8, 4) is 23.0 Å². The lowest BCUT2D eigenvalue weighted by atomic mass is 9.95. The van der Waals surface area contributed by atoms with Gasteiger partial charge in [0.2, 0.25) is 5.13 Å². The lowest BCUT2D eigenvalue weighted by Gasteiger charge is -2.24. The Balaban J connectivity index is 1.63. The third-order valence-corrected chi connectivity index (χ3v) is 7.36. The van der Waals surface area contributed by atoms with Crippen LogP contribution in [-0.4, -0.2) is 53.4 Å². The summed E-state index contributed by atoms with van der Waals surface area (Å²) in [6.07, 6.45) is 0.874. The van der Waals surface area contributed by atoms with Gasteiger partial charge in [-0.1, -0.05) is 31.3 Å². The van der Waals surface area contributed by atoms with Gasteiger partial charge in [-0.2, -0.15) is 0 Å². The molecular weight excluding hydrogens is 534 g/mol. The number of benzene rings is 2. The third-order valence-electron chi connectivity index (χ3n) is 6.52. The summed E-state index contributed by atoms with van der Waals surface area (Å²) in [6, 6.07) is 9.17. The highest BCUT2D eigenvalue weighted by molar-refractivity contribution is 7.15. The Kier molecular flexibility index (Phi) is 7.92. The molecule has 0 saturated carbocycles. The van der Waals surface area contributed by atoms with E-state index in [2.05, 4.69) is 24.0 Å². The Hall–Kier alpha value is -4.12. The number of hydrogen-bond donors (Lipinski definition) is 1. The zero-order valence-corrected chi connectivity index (χ0v) is 23.6. The molecule has 1 saturated heterocycles. The summed E-state index contributed by atoms with van der Waals surface area (Å²) in [5.74, 6) is 0.519. The fourth-order valence-corrected chi connectivity index (χ4v) is 5.28. The van der Waals surface area contributed by atoms with Crippen molar-refractivity contribution in [1.29, 1.82) is 0 Å². The maximum Gasteiger partial charge on any atom is 0.301 e. The molecule has 2 aliphatic rings. The average molecular weight is 566 g/mol. The number of ketones is 1. The summed E-state index contributed by atoms with van der Waals surface area (Å²) in [6.45, 7) is 9.56. The summed E-state index contributed by atoms with van der Waals surface area (Å²) < 4.78 is 23.1. The number of hydrogen-bond acceptors (Lipinski definition) is 10. The van der Waals surface area contributed by atoms with Crippen LogP contribution in [0.15, 0.2) is 42.0 Å². The first-order chi connectivity index (χ1) is 19.3. The molecule has 5 rings (SSSR count). The highest BCUT2D eigenvalue weighted by atomic mass is 32.1. The van der Waals surface area contributed by atoms with E-state index in [4.69, 9.17) is 18.9 Å². The number of aryl methyl sites for hydroxylation is 1. The van der Waals surface area contributed by atoms with Gasteiger partial charge in [0.25, 0.3) is 5.78 Å². The molecule has 1 N–H and O–H groups in total. The standard InChI is InChI=1S/C29H31N3O7S/c1-5-36-22-14-18(6-8-20(22)37-11-10-16(2)3)25-24(27(34)28(35)32(25)29-31-30-17(4)40-29)26(33)19-7-9-21-23(15-19)39-13-12-38-21/h6-9,14-16,25,33H,5,10-13H2,1-4H3/b26-24+. The molecule has 0 bridgehead atoms. The fraction of sp³-hybridized carbons (Fsp3) is 0.379. The van der Waals surface area contributed by atoms with Crippen molar-refractivity contribution >= 4 is 33.9 Å². The molecule has 1 fully saturated rings. The minimum Gasteiger partial charge on any atom is -0.507 e. The van der Waals surface area contributed by atoms with Gasteiger partial charge in [-0.05, 0) is 62.1 Å². The fourth-order valence-electron chi connectivity index (χ4n) is 4.56. The molecule has 210 valence electrons. The predicted molar refractivity (Wildman–Crippen MR) is 149 cm³/mol. The van der Waals surface area contributed by atoms with Gasteiger partial charge in [-0.3, -0.25) is 14.5 Å². The molecule has 0 spiro atoms. The number of Topliss-reactive ketones (excluding diaryl/α,β-unsaturated/α-hetero) is 1. The predicted octanol–water partition coefficient (Wildman–Crippen LogP) is 5.07. The second-order valence-corrected chi connectivity index (χ2v) is 11.0. The second kappa shape index (κ2) is 11.5. The van der Waals surface area contributed by atoms with Gasteiger partial charge in [-0.15, -0.1) is 10.2 Å². The van der Waals surface area contributed by atoms with Gasteiger partial charge in [0.15, 0.2) is 23.0 Å². The molecule has 11 heteroatoms. The van der Waals surface area contributed by atoms with E-state index in [1.54, 1.807) is 43.3 Å². The lowest BCUT2D eigenvalue weighted by molar-refractivity contribution is -0.132. The number of nitrogens with zero attached hydrogens (tertiary/aromatic N) is 3. The van der Waals surface area contributed by atoms with Gasteiger partial charge in [0.1, 0.15) is 24.0 Å². The Bertz CT molecular complexity index is 1470. The van der Waals surface area contributed by atoms with Crippen molar-refractivity contribution in [2.75, 3.05) is 31.3 Å². The van der Waals surface area contributed by atoms with Crippen LogP contribution in [0.25, 0.3) is 5.76 Å². The summed E-state index contributed by atoms with van der Waals surface area (Å²) >= 11 is 1.18. The van der Waals surface area contributed by atoms with E-state index in [9.17, 15) is 14.7 Å². The molecule has 3 heterocycles. The lowest BCUT2D eigenvalue weighted by Crippen LogP contribution is -2.29. The highest BCUT2D eigenvalue weighted by Crippen LogP contribution is 2.45. The van der Waals surface area contributed by atoms with Crippen LogP contribution in [0.1, 0.15) is 49.4 Å².